The molecule has 1 aromatic heterocycles. The number of aromatic nitrogens is 1. The predicted molar refractivity (Wildman–Crippen MR) is 114 cm³/mol. The summed E-state index contributed by atoms with van der Waals surface area (Å²) in [4.78, 5) is 21.9. The Kier molecular flexibility index (Phi) is 6.37. The molecule has 3 rings (SSSR count). The number of anilines is 1. The lowest BCUT2D eigenvalue weighted by Crippen LogP contribution is -2.33. The molecule has 0 atom stereocenters. The highest BCUT2D eigenvalue weighted by atomic mass is 32.1. The fourth-order valence-corrected chi connectivity index (χ4v) is 3.75. The van der Waals surface area contributed by atoms with E-state index in [1.807, 2.05) is 85.9 Å². The zero-order valence-corrected chi connectivity index (χ0v) is 16.9. The molecule has 140 valence electrons. The number of carbonyl (C=O) groups excluding carboxylic acids is 1. The van der Waals surface area contributed by atoms with Crippen LogP contribution in [0.4, 0.5) is 5.13 Å². The normalized spacial score (nSPS) is 11.0. The summed E-state index contributed by atoms with van der Waals surface area (Å²) in [5, 5.41) is 2.77. The van der Waals surface area contributed by atoms with Gasteiger partial charge in [0, 0.05) is 23.1 Å². The number of nitrogens with zero attached hydrogens (tertiary/aromatic N) is 3. The topological polar surface area (TPSA) is 36.4 Å². The van der Waals surface area contributed by atoms with Gasteiger partial charge in [0.05, 0.1) is 5.69 Å². The van der Waals surface area contributed by atoms with Gasteiger partial charge in [-0.1, -0.05) is 48.0 Å². The smallest absolute Gasteiger partial charge is 0.260 e. The zero-order chi connectivity index (χ0) is 19.2. The molecule has 0 spiro atoms. The largest absolute Gasteiger partial charge is 0.309 e. The van der Waals surface area contributed by atoms with Gasteiger partial charge in [-0.15, -0.1) is 11.3 Å². The fourth-order valence-electron chi connectivity index (χ4n) is 2.89. The molecule has 0 N–H and O–H groups in total. The first-order chi connectivity index (χ1) is 13.0. The van der Waals surface area contributed by atoms with E-state index < -0.39 is 0 Å². The monoisotopic (exact) mass is 379 g/mol. The minimum atomic E-state index is 0.00594. The molecule has 0 aliphatic heterocycles. The third kappa shape index (κ3) is 5.02. The summed E-state index contributed by atoms with van der Waals surface area (Å²) in [6.45, 7) is 3.57. The van der Waals surface area contributed by atoms with Gasteiger partial charge in [0.25, 0.3) is 5.91 Å². The molecule has 2 aromatic carbocycles. The average molecular weight is 380 g/mol. The second-order valence-corrected chi connectivity index (χ2v) is 7.70. The van der Waals surface area contributed by atoms with Crippen LogP contribution in [0.25, 0.3) is 11.3 Å². The van der Waals surface area contributed by atoms with E-state index in [0.29, 0.717) is 12.1 Å². The van der Waals surface area contributed by atoms with Crippen molar-refractivity contribution in [2.75, 3.05) is 32.1 Å². The minimum absolute atomic E-state index is 0.00594. The molecule has 4 nitrogen and oxygen atoms in total. The van der Waals surface area contributed by atoms with Crippen LogP contribution in [0.1, 0.15) is 22.3 Å². The first-order valence-corrected chi connectivity index (χ1v) is 9.97. The van der Waals surface area contributed by atoms with Crippen molar-refractivity contribution in [1.29, 1.82) is 0 Å². The molecule has 0 radical (unpaired) electrons. The number of aryl methyl sites for hydroxylation is 1. The summed E-state index contributed by atoms with van der Waals surface area (Å²) < 4.78 is 0. The number of carbonyl (C=O) groups is 1. The van der Waals surface area contributed by atoms with E-state index in [1.54, 1.807) is 0 Å². The molecule has 1 amide bonds. The van der Waals surface area contributed by atoms with Crippen LogP contribution in [0.2, 0.25) is 0 Å². The third-order valence-corrected chi connectivity index (χ3v) is 5.15. The molecule has 27 heavy (non-hydrogen) atoms. The number of rotatable bonds is 7. The van der Waals surface area contributed by atoms with Crippen molar-refractivity contribution in [2.24, 2.45) is 0 Å². The summed E-state index contributed by atoms with van der Waals surface area (Å²) in [6, 6.07) is 17.8. The van der Waals surface area contributed by atoms with Crippen LogP contribution in [-0.2, 0) is 0 Å². The van der Waals surface area contributed by atoms with Crippen LogP contribution in [0.15, 0.2) is 60.0 Å². The maximum atomic E-state index is 13.2. The predicted octanol–water partition coefficient (Wildman–Crippen LogP) is 4.72. The average Bonchev–Trinajstić information content (AvgIpc) is 3.15. The van der Waals surface area contributed by atoms with Crippen LogP contribution in [0.3, 0.4) is 0 Å². The molecule has 0 bridgehead atoms. The van der Waals surface area contributed by atoms with Crippen molar-refractivity contribution in [3.63, 3.8) is 0 Å². The Labute approximate surface area is 165 Å². The Hall–Kier alpha value is -2.50. The van der Waals surface area contributed by atoms with Crippen molar-refractivity contribution in [2.45, 2.75) is 13.3 Å². The summed E-state index contributed by atoms with van der Waals surface area (Å²) in [6.07, 6.45) is 0.894. The van der Waals surface area contributed by atoms with Gasteiger partial charge in [-0.05, 0) is 46.1 Å². The van der Waals surface area contributed by atoms with Gasteiger partial charge in [-0.2, -0.15) is 0 Å². The van der Waals surface area contributed by atoms with Crippen molar-refractivity contribution in [3.05, 3.63) is 71.1 Å². The van der Waals surface area contributed by atoms with Crippen LogP contribution < -0.4 is 4.90 Å². The van der Waals surface area contributed by atoms with Crippen molar-refractivity contribution in [1.82, 2.24) is 9.88 Å². The van der Waals surface area contributed by atoms with Gasteiger partial charge in [-0.3, -0.25) is 9.69 Å². The Morgan fingerprint density at radius 2 is 1.81 bits per heavy atom. The van der Waals surface area contributed by atoms with Crippen LogP contribution in [-0.4, -0.2) is 43.0 Å². The molecule has 0 aliphatic rings. The Bertz CT molecular complexity index is 889. The van der Waals surface area contributed by atoms with Crippen molar-refractivity contribution >= 4 is 22.4 Å². The third-order valence-electron chi connectivity index (χ3n) is 4.29. The SMILES string of the molecule is Cc1cccc(C(=O)N(CCCN(C)C)c2nc(-c3ccccc3)cs2)c1. The van der Waals surface area contributed by atoms with Gasteiger partial charge < -0.3 is 4.90 Å². The van der Waals surface area contributed by atoms with E-state index in [0.717, 1.165) is 34.9 Å². The lowest BCUT2D eigenvalue weighted by molar-refractivity contribution is 0.0986. The molecule has 5 heteroatoms. The number of benzene rings is 2. The van der Waals surface area contributed by atoms with Gasteiger partial charge in [0.1, 0.15) is 0 Å². The Balaban J connectivity index is 1.87. The molecule has 0 saturated heterocycles. The van der Waals surface area contributed by atoms with Gasteiger partial charge in [0.2, 0.25) is 0 Å². The molecule has 1 heterocycles. The molecule has 0 unspecified atom stereocenters. The van der Waals surface area contributed by atoms with Crippen molar-refractivity contribution < 1.29 is 4.79 Å². The lowest BCUT2D eigenvalue weighted by atomic mass is 10.1. The molecular formula is C22H25N3OS. The Morgan fingerprint density at radius 1 is 1.04 bits per heavy atom. The van der Waals surface area contributed by atoms with Gasteiger partial charge in [0.15, 0.2) is 5.13 Å². The van der Waals surface area contributed by atoms with E-state index >= 15 is 0 Å². The highest BCUT2D eigenvalue weighted by Crippen LogP contribution is 2.28. The number of amides is 1. The first-order valence-electron chi connectivity index (χ1n) is 9.09. The lowest BCUT2D eigenvalue weighted by Gasteiger charge is -2.21. The standard InChI is InChI=1S/C22H25N3OS/c1-17-9-7-12-19(15-17)21(26)25(14-8-13-24(2)3)22-23-20(16-27-22)18-10-5-4-6-11-18/h4-7,9-12,15-16H,8,13-14H2,1-3H3. The Morgan fingerprint density at radius 3 is 2.52 bits per heavy atom. The van der Waals surface area contributed by atoms with E-state index in [1.165, 1.54) is 11.3 Å². The van der Waals surface area contributed by atoms with E-state index in [-0.39, 0.29) is 5.91 Å². The molecular weight excluding hydrogens is 354 g/mol. The van der Waals surface area contributed by atoms with E-state index in [9.17, 15) is 4.79 Å². The summed E-state index contributed by atoms with van der Waals surface area (Å²) in [5.74, 6) is 0.00594. The summed E-state index contributed by atoms with van der Waals surface area (Å²) in [7, 11) is 4.09. The van der Waals surface area contributed by atoms with Crippen LogP contribution >= 0.6 is 11.3 Å². The molecule has 0 fully saturated rings. The maximum Gasteiger partial charge on any atom is 0.260 e. The highest BCUT2D eigenvalue weighted by molar-refractivity contribution is 7.14. The molecule has 0 aliphatic carbocycles. The molecule has 3 aromatic rings. The fraction of sp³-hybridized carbons (Fsp3) is 0.273. The maximum absolute atomic E-state index is 13.2. The molecule has 0 saturated carbocycles. The number of hydrogen-bond acceptors (Lipinski definition) is 4. The summed E-state index contributed by atoms with van der Waals surface area (Å²) in [5.41, 5.74) is 3.76. The second-order valence-electron chi connectivity index (χ2n) is 6.86. The zero-order valence-electron chi connectivity index (χ0n) is 16.1. The van der Waals surface area contributed by atoms with Crippen LogP contribution in [0, 0.1) is 6.92 Å². The highest BCUT2D eigenvalue weighted by Gasteiger charge is 2.21. The van der Waals surface area contributed by atoms with Gasteiger partial charge >= 0.3 is 0 Å². The summed E-state index contributed by atoms with van der Waals surface area (Å²) >= 11 is 1.52. The first kappa shape index (κ1) is 19.3. The quantitative estimate of drug-likeness (QED) is 0.596. The van der Waals surface area contributed by atoms with Crippen LogP contribution in [0.5, 0.6) is 0 Å². The van der Waals surface area contributed by atoms with E-state index in [2.05, 4.69) is 4.90 Å². The number of thiazole rings is 1. The van der Waals surface area contributed by atoms with E-state index in [4.69, 9.17) is 4.98 Å². The minimum Gasteiger partial charge on any atom is -0.309 e. The number of hydrogen-bond donors (Lipinski definition) is 0. The second kappa shape index (κ2) is 8.93. The van der Waals surface area contributed by atoms with Crippen molar-refractivity contribution in [3.8, 4) is 11.3 Å². The van der Waals surface area contributed by atoms with Gasteiger partial charge in [-0.25, -0.2) is 4.98 Å².